The van der Waals surface area contributed by atoms with Crippen LogP contribution in [0.1, 0.15) is 20.7 Å². The lowest BCUT2D eigenvalue weighted by Gasteiger charge is -2.23. The minimum absolute atomic E-state index is 0.0690. The van der Waals surface area contributed by atoms with Crippen LogP contribution in [-0.2, 0) is 19.1 Å². The van der Waals surface area contributed by atoms with Gasteiger partial charge >= 0.3 is 17.9 Å². The zero-order valence-corrected chi connectivity index (χ0v) is 16.6. The van der Waals surface area contributed by atoms with Crippen molar-refractivity contribution in [3.8, 4) is 0 Å². The second kappa shape index (κ2) is 10.5. The van der Waals surface area contributed by atoms with E-state index in [2.05, 4.69) is 10.3 Å². The maximum atomic E-state index is 12.9. The number of anilines is 1. The van der Waals surface area contributed by atoms with Crippen LogP contribution in [0.3, 0.4) is 0 Å². The number of hydrogen-bond donors (Lipinski definition) is 2. The number of pyridine rings is 1. The summed E-state index contributed by atoms with van der Waals surface area (Å²) in [6, 6.07) is 18.4. The highest BCUT2D eigenvalue weighted by molar-refractivity contribution is 6.01. The Morgan fingerprint density at radius 3 is 1.75 bits per heavy atom. The molecule has 9 nitrogen and oxygen atoms in total. The lowest BCUT2D eigenvalue weighted by atomic mass is 10.1. The van der Waals surface area contributed by atoms with Crippen molar-refractivity contribution in [2.45, 2.75) is 12.2 Å². The van der Waals surface area contributed by atoms with Crippen molar-refractivity contribution < 1.29 is 33.8 Å². The molecule has 0 radical (unpaired) electrons. The molecule has 3 aromatic rings. The fourth-order valence-electron chi connectivity index (χ4n) is 2.66. The van der Waals surface area contributed by atoms with Gasteiger partial charge in [0.25, 0.3) is 5.91 Å². The van der Waals surface area contributed by atoms with Crippen molar-refractivity contribution in [2.24, 2.45) is 0 Å². The van der Waals surface area contributed by atoms with Gasteiger partial charge in [0.05, 0.1) is 23.0 Å². The Kier molecular flexibility index (Phi) is 7.26. The average Bonchev–Trinajstić information content (AvgIpc) is 2.82. The zero-order chi connectivity index (χ0) is 22.9. The second-order valence-corrected chi connectivity index (χ2v) is 6.45. The predicted octanol–water partition coefficient (Wildman–Crippen LogP) is 2.56. The Labute approximate surface area is 182 Å². The Hall–Kier alpha value is -4.53. The molecule has 0 spiro atoms. The number of benzene rings is 2. The van der Waals surface area contributed by atoms with Crippen molar-refractivity contribution in [1.29, 1.82) is 0 Å². The van der Waals surface area contributed by atoms with Crippen molar-refractivity contribution in [2.75, 3.05) is 5.32 Å². The lowest BCUT2D eigenvalue weighted by molar-refractivity contribution is -0.157. The van der Waals surface area contributed by atoms with Crippen LogP contribution in [0.25, 0.3) is 0 Å². The smallest absolute Gasteiger partial charge is 0.349 e. The first-order chi connectivity index (χ1) is 15.5. The molecule has 162 valence electrons. The number of nitrogens with zero attached hydrogens (tertiary/aromatic N) is 1. The molecule has 9 heteroatoms. The number of carbonyl (C=O) groups excluding carboxylic acids is 3. The molecule has 2 aromatic carbocycles. The molecule has 0 bridgehead atoms. The molecule has 0 fully saturated rings. The molecule has 1 heterocycles. The summed E-state index contributed by atoms with van der Waals surface area (Å²) in [5, 5.41) is 12.1. The van der Waals surface area contributed by atoms with Crippen LogP contribution in [0.2, 0.25) is 0 Å². The number of carbonyl (C=O) groups is 4. The van der Waals surface area contributed by atoms with Crippen molar-refractivity contribution in [3.63, 3.8) is 0 Å². The number of hydrogen-bond acceptors (Lipinski definition) is 7. The third-order valence-electron chi connectivity index (χ3n) is 4.19. The standard InChI is InChI=1S/C23H18N2O7/c26-20(25-17-12-7-13-24-14-17)18(31-22(29)15-8-3-1-4-9-15)19(21(27)28)32-23(30)16-10-5-2-6-11-16/h1-14,18-19H,(H,25,26)(H,27,28)/t18-,19+/m0/s1. The molecule has 2 atom stereocenters. The van der Waals surface area contributed by atoms with Gasteiger partial charge in [0.15, 0.2) is 0 Å². The number of rotatable bonds is 8. The quantitative estimate of drug-likeness (QED) is 0.517. The average molecular weight is 434 g/mol. The molecular weight excluding hydrogens is 416 g/mol. The number of amides is 1. The lowest BCUT2D eigenvalue weighted by Crippen LogP contribution is -2.48. The Bertz CT molecular complexity index is 1090. The first-order valence-electron chi connectivity index (χ1n) is 9.41. The van der Waals surface area contributed by atoms with Crippen molar-refractivity contribution in [1.82, 2.24) is 4.98 Å². The number of aliphatic carboxylic acids is 1. The van der Waals surface area contributed by atoms with Crippen LogP contribution in [0.4, 0.5) is 5.69 Å². The van der Waals surface area contributed by atoms with Gasteiger partial charge in [0, 0.05) is 6.20 Å². The minimum Gasteiger partial charge on any atom is -0.478 e. The number of aromatic nitrogens is 1. The zero-order valence-electron chi connectivity index (χ0n) is 16.6. The van der Waals surface area contributed by atoms with E-state index in [1.807, 2.05) is 0 Å². The SMILES string of the molecule is O=C(O[C@H](C(=O)Nc1cccnc1)[C@@H](OC(=O)c1ccccc1)C(=O)O)c1ccccc1. The van der Waals surface area contributed by atoms with E-state index in [0.29, 0.717) is 0 Å². The normalized spacial score (nSPS) is 12.1. The van der Waals surface area contributed by atoms with Gasteiger partial charge in [0.1, 0.15) is 0 Å². The summed E-state index contributed by atoms with van der Waals surface area (Å²) in [7, 11) is 0. The maximum absolute atomic E-state index is 12.9. The van der Waals surface area contributed by atoms with E-state index >= 15 is 0 Å². The van der Waals surface area contributed by atoms with Crippen LogP contribution >= 0.6 is 0 Å². The van der Waals surface area contributed by atoms with Gasteiger partial charge in [-0.25, -0.2) is 14.4 Å². The van der Waals surface area contributed by atoms with E-state index in [1.54, 1.807) is 42.5 Å². The van der Waals surface area contributed by atoms with E-state index in [0.717, 1.165) is 0 Å². The summed E-state index contributed by atoms with van der Waals surface area (Å²) in [6.45, 7) is 0. The Balaban J connectivity index is 1.88. The molecule has 0 aliphatic rings. The van der Waals surface area contributed by atoms with E-state index in [-0.39, 0.29) is 16.8 Å². The third-order valence-corrected chi connectivity index (χ3v) is 4.19. The summed E-state index contributed by atoms with van der Waals surface area (Å²) >= 11 is 0. The second-order valence-electron chi connectivity index (χ2n) is 6.45. The fourth-order valence-corrected chi connectivity index (χ4v) is 2.66. The van der Waals surface area contributed by atoms with Crippen LogP contribution in [0, 0.1) is 0 Å². The van der Waals surface area contributed by atoms with Gasteiger partial charge in [-0.3, -0.25) is 9.78 Å². The summed E-state index contributed by atoms with van der Waals surface area (Å²) in [5.74, 6) is -4.62. The molecular formula is C23H18N2O7. The maximum Gasteiger partial charge on any atom is 0.349 e. The van der Waals surface area contributed by atoms with Crippen LogP contribution < -0.4 is 5.32 Å². The van der Waals surface area contributed by atoms with Gasteiger partial charge in [-0.1, -0.05) is 36.4 Å². The predicted molar refractivity (Wildman–Crippen MR) is 112 cm³/mol. The molecule has 1 amide bonds. The molecule has 0 saturated carbocycles. The van der Waals surface area contributed by atoms with Crippen LogP contribution in [-0.4, -0.2) is 46.1 Å². The van der Waals surface area contributed by atoms with E-state index < -0.39 is 36.0 Å². The summed E-state index contributed by atoms with van der Waals surface area (Å²) in [4.78, 5) is 53.6. The van der Waals surface area contributed by atoms with Gasteiger partial charge in [-0.05, 0) is 36.4 Å². The number of carboxylic acid groups (broad SMARTS) is 1. The Morgan fingerprint density at radius 1 is 0.750 bits per heavy atom. The van der Waals surface area contributed by atoms with Gasteiger partial charge in [0.2, 0.25) is 12.2 Å². The summed E-state index contributed by atoms with van der Waals surface area (Å²) < 4.78 is 10.3. The highest BCUT2D eigenvalue weighted by Gasteiger charge is 2.41. The van der Waals surface area contributed by atoms with Gasteiger partial charge in [-0.15, -0.1) is 0 Å². The monoisotopic (exact) mass is 434 g/mol. The van der Waals surface area contributed by atoms with Crippen LogP contribution in [0.5, 0.6) is 0 Å². The first kappa shape index (κ1) is 22.2. The van der Waals surface area contributed by atoms with Crippen molar-refractivity contribution in [3.05, 3.63) is 96.3 Å². The first-order valence-corrected chi connectivity index (χ1v) is 9.41. The number of nitrogens with one attached hydrogen (secondary N) is 1. The minimum atomic E-state index is -2.10. The number of esters is 2. The summed E-state index contributed by atoms with van der Waals surface area (Å²) in [6.07, 6.45) is -1.29. The molecule has 0 aliphatic carbocycles. The largest absolute Gasteiger partial charge is 0.478 e. The Morgan fingerprint density at radius 2 is 1.28 bits per heavy atom. The third kappa shape index (κ3) is 5.76. The van der Waals surface area contributed by atoms with Gasteiger partial charge in [-0.2, -0.15) is 0 Å². The van der Waals surface area contributed by atoms with E-state index in [4.69, 9.17) is 9.47 Å². The molecule has 0 saturated heterocycles. The number of ether oxygens (including phenoxy) is 2. The highest BCUT2D eigenvalue weighted by atomic mass is 16.6. The molecule has 32 heavy (non-hydrogen) atoms. The van der Waals surface area contributed by atoms with Crippen LogP contribution in [0.15, 0.2) is 85.2 Å². The fraction of sp³-hybridized carbons (Fsp3) is 0.0870. The molecule has 2 N–H and O–H groups in total. The molecule has 0 unspecified atom stereocenters. The van der Waals surface area contributed by atoms with E-state index in [9.17, 15) is 24.3 Å². The topological polar surface area (TPSA) is 132 Å². The molecule has 0 aliphatic heterocycles. The highest BCUT2D eigenvalue weighted by Crippen LogP contribution is 2.15. The van der Waals surface area contributed by atoms with Crippen molar-refractivity contribution >= 4 is 29.5 Å². The van der Waals surface area contributed by atoms with Gasteiger partial charge < -0.3 is 19.9 Å². The van der Waals surface area contributed by atoms with E-state index in [1.165, 1.54) is 42.7 Å². The number of carboxylic acids is 1. The molecule has 1 aromatic heterocycles. The summed E-state index contributed by atoms with van der Waals surface area (Å²) in [5.41, 5.74) is 0.390. The molecule has 3 rings (SSSR count).